The summed E-state index contributed by atoms with van der Waals surface area (Å²) in [5.41, 5.74) is -0.217. The number of fused-ring (bicyclic) bond motifs is 1. The Labute approximate surface area is 163 Å². The van der Waals surface area contributed by atoms with Crippen LogP contribution in [0.15, 0.2) is 36.0 Å². The van der Waals surface area contributed by atoms with Gasteiger partial charge in [0.15, 0.2) is 0 Å². The molecule has 2 aromatic heterocycles. The van der Waals surface area contributed by atoms with Gasteiger partial charge in [-0.25, -0.2) is 9.97 Å². The number of thiophene rings is 1. The maximum absolute atomic E-state index is 12.8. The number of nitro benzene ring substituents is 1. The number of halogens is 1. The van der Waals surface area contributed by atoms with E-state index in [-0.39, 0.29) is 17.2 Å². The molecule has 10 heteroatoms. The number of aromatic nitrogens is 2. The molecule has 4 rings (SSSR count). The number of hydrogen-bond acceptors (Lipinski definition) is 7. The number of nitro groups is 1. The molecule has 0 unspecified atom stereocenters. The fourth-order valence-electron chi connectivity index (χ4n) is 3.16. The molecule has 8 nitrogen and oxygen atoms in total. The zero-order valence-electron chi connectivity index (χ0n) is 14.0. The summed E-state index contributed by atoms with van der Waals surface area (Å²) < 4.78 is 0. The Bertz CT molecular complexity index is 1030. The summed E-state index contributed by atoms with van der Waals surface area (Å²) in [7, 11) is 0. The SMILES string of the molecule is O=C(c1cc(Cl)ccc1[N+](=O)[O-])N1CCN(c2ncnc3sccc23)CC1. The van der Waals surface area contributed by atoms with Gasteiger partial charge >= 0.3 is 0 Å². The Morgan fingerprint density at radius 3 is 2.70 bits per heavy atom. The van der Waals surface area contributed by atoms with E-state index < -0.39 is 4.92 Å². The van der Waals surface area contributed by atoms with E-state index in [0.29, 0.717) is 31.2 Å². The van der Waals surface area contributed by atoms with E-state index in [4.69, 9.17) is 11.6 Å². The quantitative estimate of drug-likeness (QED) is 0.492. The van der Waals surface area contributed by atoms with Gasteiger partial charge in [0, 0.05) is 37.3 Å². The van der Waals surface area contributed by atoms with Crippen LogP contribution in [0.5, 0.6) is 0 Å². The standard InChI is InChI=1S/C17H14ClN5O3S/c18-11-1-2-14(23(25)26)13(9-11)17(24)22-6-4-21(5-7-22)15-12-3-8-27-16(12)20-10-19-15/h1-3,8-10H,4-7H2. The van der Waals surface area contributed by atoms with Crippen LogP contribution in [0.25, 0.3) is 10.2 Å². The predicted octanol–water partition coefficient (Wildman–Crippen LogP) is 3.22. The third-order valence-corrected chi connectivity index (χ3v) is 5.55. The van der Waals surface area contributed by atoms with Gasteiger partial charge in [-0.3, -0.25) is 14.9 Å². The van der Waals surface area contributed by atoms with Crippen molar-refractivity contribution in [2.45, 2.75) is 0 Å². The summed E-state index contributed by atoms with van der Waals surface area (Å²) in [5.74, 6) is 0.467. The summed E-state index contributed by atoms with van der Waals surface area (Å²) in [4.78, 5) is 36.8. The number of anilines is 1. The van der Waals surface area contributed by atoms with Gasteiger partial charge in [0.1, 0.15) is 22.5 Å². The third kappa shape index (κ3) is 3.31. The lowest BCUT2D eigenvalue weighted by molar-refractivity contribution is -0.385. The van der Waals surface area contributed by atoms with Gasteiger partial charge in [0.2, 0.25) is 0 Å². The fraction of sp³-hybridized carbons (Fsp3) is 0.235. The first-order chi connectivity index (χ1) is 13.0. The zero-order chi connectivity index (χ0) is 19.0. The van der Waals surface area contributed by atoms with Gasteiger partial charge < -0.3 is 9.80 Å². The van der Waals surface area contributed by atoms with Crippen LogP contribution in [0.2, 0.25) is 5.02 Å². The Morgan fingerprint density at radius 2 is 1.96 bits per heavy atom. The van der Waals surface area contributed by atoms with Crippen molar-refractivity contribution in [1.29, 1.82) is 0 Å². The number of benzene rings is 1. The van der Waals surface area contributed by atoms with Gasteiger partial charge in [0.05, 0.1) is 10.3 Å². The molecule has 0 radical (unpaired) electrons. The van der Waals surface area contributed by atoms with E-state index >= 15 is 0 Å². The maximum Gasteiger partial charge on any atom is 0.282 e. The summed E-state index contributed by atoms with van der Waals surface area (Å²) in [6.45, 7) is 2.06. The number of nitrogens with zero attached hydrogens (tertiary/aromatic N) is 5. The molecular weight excluding hydrogens is 390 g/mol. The molecule has 1 saturated heterocycles. The lowest BCUT2D eigenvalue weighted by Crippen LogP contribution is -2.49. The van der Waals surface area contributed by atoms with Crippen LogP contribution in [0.1, 0.15) is 10.4 Å². The van der Waals surface area contributed by atoms with Gasteiger partial charge in [-0.15, -0.1) is 11.3 Å². The molecule has 1 aliphatic heterocycles. The first kappa shape index (κ1) is 17.6. The van der Waals surface area contributed by atoms with Crippen LogP contribution >= 0.6 is 22.9 Å². The van der Waals surface area contributed by atoms with Crippen molar-refractivity contribution in [2.75, 3.05) is 31.1 Å². The number of carbonyl (C=O) groups is 1. The largest absolute Gasteiger partial charge is 0.352 e. The van der Waals surface area contributed by atoms with Gasteiger partial charge in [-0.1, -0.05) is 11.6 Å². The fourth-order valence-corrected chi connectivity index (χ4v) is 4.06. The highest BCUT2D eigenvalue weighted by Gasteiger charge is 2.28. The van der Waals surface area contributed by atoms with E-state index in [1.54, 1.807) is 22.6 Å². The summed E-state index contributed by atoms with van der Waals surface area (Å²) in [6.07, 6.45) is 1.54. The van der Waals surface area contributed by atoms with Crippen molar-refractivity contribution >= 4 is 50.6 Å². The molecule has 0 N–H and O–H groups in total. The minimum atomic E-state index is -0.562. The Balaban J connectivity index is 1.53. The van der Waals surface area contributed by atoms with Crippen LogP contribution in [-0.4, -0.2) is 51.9 Å². The minimum Gasteiger partial charge on any atom is -0.352 e. The highest BCUT2D eigenvalue weighted by Crippen LogP contribution is 2.28. The highest BCUT2D eigenvalue weighted by molar-refractivity contribution is 7.16. The number of amides is 1. The molecule has 1 fully saturated rings. The second-order valence-corrected chi connectivity index (χ2v) is 7.37. The van der Waals surface area contributed by atoms with Crippen LogP contribution in [0.4, 0.5) is 11.5 Å². The van der Waals surface area contributed by atoms with E-state index in [0.717, 1.165) is 16.0 Å². The van der Waals surface area contributed by atoms with Crippen molar-refractivity contribution < 1.29 is 9.72 Å². The molecule has 1 aromatic carbocycles. The number of rotatable bonds is 3. The molecule has 1 amide bonds. The second kappa shape index (κ2) is 7.09. The normalized spacial score (nSPS) is 14.6. The van der Waals surface area contributed by atoms with E-state index in [2.05, 4.69) is 14.9 Å². The number of carbonyl (C=O) groups excluding carboxylic acids is 1. The molecule has 0 spiro atoms. The van der Waals surface area contributed by atoms with Crippen molar-refractivity contribution in [3.8, 4) is 0 Å². The summed E-state index contributed by atoms with van der Waals surface area (Å²) in [5, 5.41) is 14.5. The van der Waals surface area contributed by atoms with E-state index in [9.17, 15) is 14.9 Å². The van der Waals surface area contributed by atoms with Crippen molar-refractivity contribution in [3.63, 3.8) is 0 Å². The zero-order valence-corrected chi connectivity index (χ0v) is 15.6. The van der Waals surface area contributed by atoms with Gasteiger partial charge in [-0.05, 0) is 23.6 Å². The molecular formula is C17H14ClN5O3S. The highest BCUT2D eigenvalue weighted by atomic mass is 35.5. The first-order valence-electron chi connectivity index (χ1n) is 8.21. The molecule has 0 bridgehead atoms. The predicted molar refractivity (Wildman–Crippen MR) is 104 cm³/mol. The number of hydrogen-bond donors (Lipinski definition) is 0. The Morgan fingerprint density at radius 1 is 1.19 bits per heavy atom. The van der Waals surface area contributed by atoms with Crippen LogP contribution < -0.4 is 4.90 Å². The molecule has 27 heavy (non-hydrogen) atoms. The van der Waals surface area contributed by atoms with Gasteiger partial charge in [0.25, 0.3) is 11.6 Å². The lowest BCUT2D eigenvalue weighted by Gasteiger charge is -2.35. The second-order valence-electron chi connectivity index (χ2n) is 6.03. The monoisotopic (exact) mass is 403 g/mol. The summed E-state index contributed by atoms with van der Waals surface area (Å²) in [6, 6.07) is 6.02. The molecule has 3 heterocycles. The van der Waals surface area contributed by atoms with E-state index in [1.165, 1.54) is 18.2 Å². The first-order valence-corrected chi connectivity index (χ1v) is 9.47. The molecule has 0 aliphatic carbocycles. The Hall–Kier alpha value is -2.78. The van der Waals surface area contributed by atoms with Gasteiger partial charge in [-0.2, -0.15) is 0 Å². The van der Waals surface area contributed by atoms with Crippen LogP contribution in [0, 0.1) is 10.1 Å². The van der Waals surface area contributed by atoms with Crippen molar-refractivity contribution in [3.05, 3.63) is 56.7 Å². The van der Waals surface area contributed by atoms with E-state index in [1.807, 2.05) is 11.4 Å². The van der Waals surface area contributed by atoms with Crippen LogP contribution in [-0.2, 0) is 0 Å². The maximum atomic E-state index is 12.8. The van der Waals surface area contributed by atoms with Crippen molar-refractivity contribution in [2.24, 2.45) is 0 Å². The van der Waals surface area contributed by atoms with Crippen molar-refractivity contribution in [1.82, 2.24) is 14.9 Å². The molecule has 1 aliphatic rings. The van der Waals surface area contributed by atoms with Crippen LogP contribution in [0.3, 0.4) is 0 Å². The smallest absolute Gasteiger partial charge is 0.282 e. The molecule has 138 valence electrons. The summed E-state index contributed by atoms with van der Waals surface area (Å²) >= 11 is 7.49. The minimum absolute atomic E-state index is 0.0169. The Kier molecular flexibility index (Phi) is 4.63. The third-order valence-electron chi connectivity index (χ3n) is 4.49. The average Bonchev–Trinajstić information content (AvgIpc) is 3.16. The lowest BCUT2D eigenvalue weighted by atomic mass is 10.1. The molecule has 0 saturated carbocycles. The molecule has 0 atom stereocenters. The topological polar surface area (TPSA) is 92.5 Å². The number of piperazine rings is 1. The average molecular weight is 404 g/mol. The molecule has 3 aromatic rings.